The monoisotopic (exact) mass is 317 g/mol. The average molecular weight is 318 g/mol. The number of benzene rings is 1. The van der Waals surface area contributed by atoms with Crippen LogP contribution in [0.15, 0.2) is 47.2 Å². The summed E-state index contributed by atoms with van der Waals surface area (Å²) in [7, 11) is 0. The number of hydrogen-bond donors (Lipinski definition) is 1. The summed E-state index contributed by atoms with van der Waals surface area (Å²) in [6.07, 6.45) is 3.11. The maximum atomic E-state index is 13.8. The van der Waals surface area contributed by atoms with E-state index < -0.39 is 5.82 Å². The lowest BCUT2D eigenvalue weighted by molar-refractivity contribution is 0.623. The lowest BCUT2D eigenvalue weighted by Gasteiger charge is -2.07. The Bertz CT molecular complexity index is 675. The first-order valence-corrected chi connectivity index (χ1v) is 6.18. The number of rotatable bonds is 2. The molecule has 19 heavy (non-hydrogen) atoms. The van der Waals surface area contributed by atoms with Crippen LogP contribution in [0.4, 0.5) is 4.39 Å². The molecule has 0 aliphatic carbocycles. The molecule has 94 valence electrons. The molecular weight excluding hydrogens is 309 g/mol. The fourth-order valence-electron chi connectivity index (χ4n) is 1.64. The van der Waals surface area contributed by atoms with Gasteiger partial charge in [0.25, 0.3) is 0 Å². The SMILES string of the molecule is N#C/C(=C(/N)c1ccc(Br)cc1F)c1ccncc1. The van der Waals surface area contributed by atoms with E-state index in [0.717, 1.165) is 0 Å². The molecule has 0 radical (unpaired) electrons. The van der Waals surface area contributed by atoms with Crippen LogP contribution in [0.25, 0.3) is 11.3 Å². The predicted molar refractivity (Wildman–Crippen MR) is 75.0 cm³/mol. The lowest BCUT2D eigenvalue weighted by Crippen LogP contribution is -2.03. The molecular formula is C14H9BrFN3. The number of pyridine rings is 1. The summed E-state index contributed by atoms with van der Waals surface area (Å²) in [5, 5.41) is 9.22. The predicted octanol–water partition coefficient (Wildman–Crippen LogP) is 3.33. The minimum Gasteiger partial charge on any atom is -0.397 e. The molecule has 0 atom stereocenters. The van der Waals surface area contributed by atoms with Crippen molar-refractivity contribution < 1.29 is 4.39 Å². The molecule has 0 spiro atoms. The number of allylic oxidation sites excluding steroid dienone is 1. The van der Waals surface area contributed by atoms with Gasteiger partial charge in [-0.05, 0) is 35.9 Å². The van der Waals surface area contributed by atoms with E-state index in [4.69, 9.17) is 5.73 Å². The molecule has 0 aliphatic heterocycles. The van der Waals surface area contributed by atoms with Gasteiger partial charge >= 0.3 is 0 Å². The van der Waals surface area contributed by atoms with Gasteiger partial charge in [-0.3, -0.25) is 4.98 Å². The summed E-state index contributed by atoms with van der Waals surface area (Å²) in [4.78, 5) is 3.87. The summed E-state index contributed by atoms with van der Waals surface area (Å²) < 4.78 is 14.5. The summed E-state index contributed by atoms with van der Waals surface area (Å²) >= 11 is 3.17. The number of nitrogens with zero attached hydrogens (tertiary/aromatic N) is 2. The minimum atomic E-state index is -0.478. The molecule has 2 aromatic rings. The van der Waals surface area contributed by atoms with Gasteiger partial charge in [0.05, 0.1) is 11.3 Å². The van der Waals surface area contributed by atoms with Crippen LogP contribution in [0, 0.1) is 17.1 Å². The number of aromatic nitrogens is 1. The van der Waals surface area contributed by atoms with E-state index >= 15 is 0 Å². The van der Waals surface area contributed by atoms with Gasteiger partial charge in [0.15, 0.2) is 0 Å². The van der Waals surface area contributed by atoms with E-state index in [1.54, 1.807) is 30.6 Å². The van der Waals surface area contributed by atoms with Crippen molar-refractivity contribution in [1.82, 2.24) is 4.98 Å². The van der Waals surface area contributed by atoms with Gasteiger partial charge < -0.3 is 5.73 Å². The molecule has 0 amide bonds. The highest BCUT2D eigenvalue weighted by molar-refractivity contribution is 9.10. The number of hydrogen-bond acceptors (Lipinski definition) is 3. The van der Waals surface area contributed by atoms with Crippen molar-refractivity contribution in [2.24, 2.45) is 5.73 Å². The summed E-state index contributed by atoms with van der Waals surface area (Å²) in [5.74, 6) is -0.478. The van der Waals surface area contributed by atoms with Gasteiger partial charge in [0.1, 0.15) is 11.9 Å². The zero-order valence-electron chi connectivity index (χ0n) is 9.77. The highest BCUT2D eigenvalue weighted by atomic mass is 79.9. The van der Waals surface area contributed by atoms with Crippen LogP contribution in [-0.4, -0.2) is 4.98 Å². The van der Waals surface area contributed by atoms with Crippen LogP contribution in [0.2, 0.25) is 0 Å². The largest absolute Gasteiger partial charge is 0.397 e. The molecule has 3 nitrogen and oxygen atoms in total. The van der Waals surface area contributed by atoms with Crippen molar-refractivity contribution in [2.75, 3.05) is 0 Å². The minimum absolute atomic E-state index is 0.110. The van der Waals surface area contributed by atoms with Crippen molar-refractivity contribution in [3.05, 3.63) is 64.1 Å². The van der Waals surface area contributed by atoms with Gasteiger partial charge in [-0.2, -0.15) is 5.26 Å². The van der Waals surface area contributed by atoms with E-state index in [1.165, 1.54) is 12.1 Å². The smallest absolute Gasteiger partial charge is 0.133 e. The van der Waals surface area contributed by atoms with Crippen LogP contribution < -0.4 is 5.73 Å². The van der Waals surface area contributed by atoms with Crippen molar-refractivity contribution >= 4 is 27.2 Å². The quantitative estimate of drug-likeness (QED) is 0.864. The van der Waals surface area contributed by atoms with Gasteiger partial charge in [-0.15, -0.1) is 0 Å². The molecule has 0 unspecified atom stereocenters. The molecule has 2 N–H and O–H groups in total. The standard InChI is InChI=1S/C14H9BrFN3/c15-10-1-2-11(13(16)7-10)14(18)12(8-17)9-3-5-19-6-4-9/h1-7H,18H2/b14-12-. The first kappa shape index (κ1) is 13.2. The Hall–Kier alpha value is -2.19. The highest BCUT2D eigenvalue weighted by Crippen LogP contribution is 2.25. The first-order valence-electron chi connectivity index (χ1n) is 5.39. The number of nitriles is 1. The van der Waals surface area contributed by atoms with E-state index in [2.05, 4.69) is 20.9 Å². The third kappa shape index (κ3) is 2.80. The zero-order valence-corrected chi connectivity index (χ0v) is 11.4. The van der Waals surface area contributed by atoms with Crippen molar-refractivity contribution in [2.45, 2.75) is 0 Å². The van der Waals surface area contributed by atoms with E-state index in [9.17, 15) is 9.65 Å². The molecule has 0 saturated heterocycles. The van der Waals surface area contributed by atoms with E-state index in [1.807, 2.05) is 6.07 Å². The summed E-state index contributed by atoms with van der Waals surface area (Å²) in [6.45, 7) is 0. The van der Waals surface area contributed by atoms with E-state index in [-0.39, 0.29) is 16.8 Å². The Kier molecular flexibility index (Phi) is 3.93. The van der Waals surface area contributed by atoms with Gasteiger partial charge in [-0.25, -0.2) is 4.39 Å². The second kappa shape index (κ2) is 5.63. The second-order valence-corrected chi connectivity index (χ2v) is 4.68. The third-order valence-electron chi connectivity index (χ3n) is 2.57. The van der Waals surface area contributed by atoms with Gasteiger partial charge in [0, 0.05) is 22.4 Å². The maximum Gasteiger partial charge on any atom is 0.133 e. The fraction of sp³-hybridized carbons (Fsp3) is 0. The summed E-state index contributed by atoms with van der Waals surface area (Å²) in [5.41, 5.74) is 7.06. The Balaban J connectivity index is 2.59. The van der Waals surface area contributed by atoms with Gasteiger partial charge in [0.2, 0.25) is 0 Å². The van der Waals surface area contributed by atoms with Crippen LogP contribution >= 0.6 is 15.9 Å². The summed E-state index contributed by atoms with van der Waals surface area (Å²) in [6, 6.07) is 9.83. The van der Waals surface area contributed by atoms with Crippen molar-refractivity contribution in [1.29, 1.82) is 5.26 Å². The first-order chi connectivity index (χ1) is 9.13. The molecule has 5 heteroatoms. The van der Waals surface area contributed by atoms with Crippen LogP contribution in [0.1, 0.15) is 11.1 Å². The molecule has 0 bridgehead atoms. The highest BCUT2D eigenvalue weighted by Gasteiger charge is 2.12. The van der Waals surface area contributed by atoms with Crippen LogP contribution in [-0.2, 0) is 0 Å². The Morgan fingerprint density at radius 2 is 1.95 bits per heavy atom. The third-order valence-corrected chi connectivity index (χ3v) is 3.06. The molecule has 1 heterocycles. The maximum absolute atomic E-state index is 13.8. The molecule has 1 aromatic carbocycles. The Morgan fingerprint density at radius 1 is 1.26 bits per heavy atom. The van der Waals surface area contributed by atoms with Crippen molar-refractivity contribution in [3.63, 3.8) is 0 Å². The fourth-order valence-corrected chi connectivity index (χ4v) is 1.97. The lowest BCUT2D eigenvalue weighted by atomic mass is 10.0. The van der Waals surface area contributed by atoms with Crippen LogP contribution in [0.5, 0.6) is 0 Å². The molecule has 1 aromatic heterocycles. The zero-order chi connectivity index (χ0) is 13.8. The number of halogens is 2. The normalized spacial score (nSPS) is 11.6. The van der Waals surface area contributed by atoms with Crippen molar-refractivity contribution in [3.8, 4) is 6.07 Å². The molecule has 0 aliphatic rings. The average Bonchev–Trinajstić information content (AvgIpc) is 2.40. The molecule has 2 rings (SSSR count). The van der Waals surface area contributed by atoms with Crippen LogP contribution in [0.3, 0.4) is 0 Å². The molecule has 0 fully saturated rings. The second-order valence-electron chi connectivity index (χ2n) is 3.76. The van der Waals surface area contributed by atoms with Gasteiger partial charge in [-0.1, -0.05) is 15.9 Å². The van der Waals surface area contributed by atoms with E-state index in [0.29, 0.717) is 10.0 Å². The number of nitrogens with two attached hydrogens (primary N) is 1. The molecule has 0 saturated carbocycles. The Morgan fingerprint density at radius 3 is 2.53 bits per heavy atom. The topological polar surface area (TPSA) is 62.7 Å². The Labute approximate surface area is 118 Å².